The highest BCUT2D eigenvalue weighted by molar-refractivity contribution is 5.13. The second kappa shape index (κ2) is 4.30. The van der Waals surface area contributed by atoms with Gasteiger partial charge in [0.1, 0.15) is 0 Å². The molecule has 0 spiro atoms. The molecule has 0 aromatic heterocycles. The zero-order chi connectivity index (χ0) is 11.0. The topological polar surface area (TPSA) is 29.5 Å². The average molecular weight is 224 g/mol. The predicted molar refractivity (Wildman–Crippen MR) is 63.2 cm³/mol. The molecule has 3 unspecified atom stereocenters. The Morgan fingerprint density at radius 3 is 2.31 bits per heavy atom. The molecule has 3 rings (SSSR count). The Hall–Kier alpha value is -0.0800. The third-order valence-corrected chi connectivity index (χ3v) is 5.08. The van der Waals surface area contributed by atoms with Crippen molar-refractivity contribution < 1.29 is 9.84 Å². The molecule has 3 atom stereocenters. The summed E-state index contributed by atoms with van der Waals surface area (Å²) in [4.78, 5) is 0. The molecule has 3 aliphatic rings. The van der Waals surface area contributed by atoms with Crippen molar-refractivity contribution in [3.63, 3.8) is 0 Å². The van der Waals surface area contributed by atoms with E-state index in [1.807, 2.05) is 0 Å². The molecule has 3 fully saturated rings. The first-order chi connectivity index (χ1) is 7.81. The first-order valence-electron chi connectivity index (χ1n) is 7.15. The molecular weight excluding hydrogens is 200 g/mol. The van der Waals surface area contributed by atoms with E-state index in [1.54, 1.807) is 0 Å². The summed E-state index contributed by atoms with van der Waals surface area (Å²) in [6.45, 7) is 0.940. The lowest BCUT2D eigenvalue weighted by atomic mass is 10.00. The minimum Gasteiger partial charge on any atom is -0.389 e. The maximum absolute atomic E-state index is 10.6. The molecule has 0 aromatic carbocycles. The normalized spacial score (nSPS) is 47.4. The summed E-state index contributed by atoms with van der Waals surface area (Å²) in [5.74, 6) is 1.29. The Labute approximate surface area is 98.4 Å². The fourth-order valence-corrected chi connectivity index (χ4v) is 4.02. The molecule has 0 radical (unpaired) electrons. The molecule has 92 valence electrons. The summed E-state index contributed by atoms with van der Waals surface area (Å²) in [6, 6.07) is 0. The highest BCUT2D eigenvalue weighted by atomic mass is 16.5. The van der Waals surface area contributed by atoms with E-state index in [4.69, 9.17) is 4.74 Å². The van der Waals surface area contributed by atoms with Crippen LogP contribution in [0.1, 0.15) is 57.8 Å². The molecule has 2 nitrogen and oxygen atoms in total. The van der Waals surface area contributed by atoms with Gasteiger partial charge in [0.2, 0.25) is 0 Å². The van der Waals surface area contributed by atoms with Gasteiger partial charge in [-0.2, -0.15) is 0 Å². The monoisotopic (exact) mass is 224 g/mol. The maximum Gasteiger partial charge on any atom is 0.0712 e. The smallest absolute Gasteiger partial charge is 0.0712 e. The van der Waals surface area contributed by atoms with Gasteiger partial charge in [-0.25, -0.2) is 0 Å². The Balaban J connectivity index is 1.48. The van der Waals surface area contributed by atoms with Gasteiger partial charge in [-0.3, -0.25) is 0 Å². The second-order valence-electron chi connectivity index (χ2n) is 6.02. The van der Waals surface area contributed by atoms with Crippen LogP contribution < -0.4 is 0 Å². The number of hydrogen-bond donors (Lipinski definition) is 1. The van der Waals surface area contributed by atoms with Gasteiger partial charge in [-0.1, -0.05) is 12.8 Å². The first kappa shape index (κ1) is 11.0. The van der Waals surface area contributed by atoms with Crippen LogP contribution in [0.25, 0.3) is 0 Å². The van der Waals surface area contributed by atoms with Crippen LogP contribution in [-0.4, -0.2) is 23.4 Å². The summed E-state index contributed by atoms with van der Waals surface area (Å²) in [6.07, 6.45) is 11.5. The highest BCUT2D eigenvalue weighted by Crippen LogP contribution is 2.60. The van der Waals surface area contributed by atoms with Crippen molar-refractivity contribution in [1.82, 2.24) is 0 Å². The van der Waals surface area contributed by atoms with Crippen molar-refractivity contribution in [3.05, 3.63) is 0 Å². The van der Waals surface area contributed by atoms with E-state index in [0.717, 1.165) is 19.4 Å². The fourth-order valence-electron chi connectivity index (χ4n) is 4.02. The van der Waals surface area contributed by atoms with E-state index in [2.05, 4.69) is 0 Å². The molecule has 1 saturated heterocycles. The van der Waals surface area contributed by atoms with Gasteiger partial charge in [0, 0.05) is 6.61 Å². The summed E-state index contributed by atoms with van der Waals surface area (Å²) in [5.41, 5.74) is -0.280. The third-order valence-electron chi connectivity index (χ3n) is 5.08. The van der Waals surface area contributed by atoms with Gasteiger partial charge >= 0.3 is 0 Å². The van der Waals surface area contributed by atoms with Gasteiger partial charge in [-0.05, 0) is 56.8 Å². The van der Waals surface area contributed by atoms with Crippen molar-refractivity contribution in [2.75, 3.05) is 6.61 Å². The molecule has 0 aromatic rings. The van der Waals surface area contributed by atoms with Gasteiger partial charge in [0.05, 0.1) is 11.7 Å². The average Bonchev–Trinajstić information content (AvgIpc) is 2.96. The molecule has 1 heterocycles. The van der Waals surface area contributed by atoms with Crippen LogP contribution in [0.5, 0.6) is 0 Å². The van der Waals surface area contributed by atoms with Crippen LogP contribution in [0.2, 0.25) is 0 Å². The molecule has 0 amide bonds. The maximum atomic E-state index is 10.6. The molecule has 1 aliphatic heterocycles. The standard InChI is InChI=1S/C14H24O2/c15-14(12-6-1-2-7-13(12)14)9-8-11-5-3-4-10-16-11/h11-13,15H,1-10H2. The lowest BCUT2D eigenvalue weighted by Gasteiger charge is -2.23. The van der Waals surface area contributed by atoms with Crippen molar-refractivity contribution in [2.24, 2.45) is 11.8 Å². The van der Waals surface area contributed by atoms with Crippen LogP contribution in [0.15, 0.2) is 0 Å². The molecule has 2 heteroatoms. The van der Waals surface area contributed by atoms with Gasteiger partial charge in [-0.15, -0.1) is 0 Å². The van der Waals surface area contributed by atoms with Gasteiger partial charge < -0.3 is 9.84 Å². The summed E-state index contributed by atoms with van der Waals surface area (Å²) in [7, 11) is 0. The molecule has 1 N–H and O–H groups in total. The van der Waals surface area contributed by atoms with Gasteiger partial charge in [0.25, 0.3) is 0 Å². The van der Waals surface area contributed by atoms with Crippen LogP contribution in [0, 0.1) is 11.8 Å². The third kappa shape index (κ3) is 1.91. The van der Waals surface area contributed by atoms with Crippen molar-refractivity contribution in [1.29, 1.82) is 0 Å². The Morgan fingerprint density at radius 1 is 1.00 bits per heavy atom. The van der Waals surface area contributed by atoms with E-state index in [0.29, 0.717) is 17.9 Å². The van der Waals surface area contributed by atoms with E-state index in [9.17, 15) is 5.11 Å². The lowest BCUT2D eigenvalue weighted by Crippen LogP contribution is -2.23. The Bertz CT molecular complexity index is 233. The number of hydrogen-bond acceptors (Lipinski definition) is 2. The molecule has 0 bridgehead atoms. The molecular formula is C14H24O2. The molecule has 16 heavy (non-hydrogen) atoms. The summed E-state index contributed by atoms with van der Waals surface area (Å²) < 4.78 is 5.74. The van der Waals surface area contributed by atoms with E-state index in [1.165, 1.54) is 44.9 Å². The molecule has 2 aliphatic carbocycles. The van der Waals surface area contributed by atoms with Crippen molar-refractivity contribution in [3.8, 4) is 0 Å². The SMILES string of the molecule is OC1(CCC2CCCCO2)C2CCCCC21. The highest BCUT2D eigenvalue weighted by Gasteiger charge is 2.62. The van der Waals surface area contributed by atoms with E-state index < -0.39 is 0 Å². The van der Waals surface area contributed by atoms with Gasteiger partial charge in [0.15, 0.2) is 0 Å². The Kier molecular flexibility index (Phi) is 2.97. The quantitative estimate of drug-likeness (QED) is 0.798. The number of rotatable bonds is 3. The second-order valence-corrected chi connectivity index (χ2v) is 6.02. The summed E-state index contributed by atoms with van der Waals surface area (Å²) in [5, 5.41) is 10.6. The van der Waals surface area contributed by atoms with Crippen LogP contribution in [-0.2, 0) is 4.74 Å². The van der Waals surface area contributed by atoms with Crippen molar-refractivity contribution in [2.45, 2.75) is 69.5 Å². The summed E-state index contributed by atoms with van der Waals surface area (Å²) >= 11 is 0. The number of ether oxygens (including phenoxy) is 1. The Morgan fingerprint density at radius 2 is 1.69 bits per heavy atom. The predicted octanol–water partition coefficient (Wildman–Crippen LogP) is 2.89. The number of aliphatic hydroxyl groups is 1. The van der Waals surface area contributed by atoms with E-state index in [-0.39, 0.29) is 5.60 Å². The zero-order valence-corrected chi connectivity index (χ0v) is 10.2. The van der Waals surface area contributed by atoms with Crippen molar-refractivity contribution >= 4 is 0 Å². The van der Waals surface area contributed by atoms with Crippen LogP contribution in [0.4, 0.5) is 0 Å². The van der Waals surface area contributed by atoms with E-state index >= 15 is 0 Å². The fraction of sp³-hybridized carbons (Fsp3) is 1.00. The minimum absolute atomic E-state index is 0.280. The zero-order valence-electron chi connectivity index (χ0n) is 10.2. The van der Waals surface area contributed by atoms with Crippen LogP contribution in [0.3, 0.4) is 0 Å². The lowest BCUT2D eigenvalue weighted by molar-refractivity contribution is -0.00354. The largest absolute Gasteiger partial charge is 0.389 e. The van der Waals surface area contributed by atoms with Crippen LogP contribution >= 0.6 is 0 Å². The molecule has 2 saturated carbocycles. The first-order valence-corrected chi connectivity index (χ1v) is 7.15. The minimum atomic E-state index is -0.280. The number of fused-ring (bicyclic) bond motifs is 1.